The predicted octanol–water partition coefficient (Wildman–Crippen LogP) is 1.89. The molecule has 26 heavy (non-hydrogen) atoms. The average molecular weight is 366 g/mol. The number of benzene rings is 2. The molecule has 0 saturated carbocycles. The number of fused-ring (bicyclic) bond motifs is 2. The first kappa shape index (κ1) is 16.5. The quantitative estimate of drug-likeness (QED) is 0.844. The second-order valence-corrected chi connectivity index (χ2v) is 6.74. The zero-order valence-electron chi connectivity index (χ0n) is 13.7. The molecule has 0 unspecified atom stereocenters. The van der Waals surface area contributed by atoms with Gasteiger partial charge in [0.15, 0.2) is 11.3 Å². The number of amidine groups is 1. The number of hydrazone groups is 1. The highest BCUT2D eigenvalue weighted by Gasteiger charge is 2.34. The molecule has 2 heterocycles. The topological polar surface area (TPSA) is 57.1 Å². The molecule has 2 aliphatic rings. The van der Waals surface area contributed by atoms with Crippen LogP contribution in [-0.2, 0) is 4.79 Å². The van der Waals surface area contributed by atoms with Gasteiger partial charge >= 0.3 is 0 Å². The minimum atomic E-state index is -0.610. The van der Waals surface area contributed by atoms with Gasteiger partial charge < -0.3 is 0 Å². The molecule has 130 valence electrons. The Balaban J connectivity index is 1.92. The Morgan fingerprint density at radius 2 is 2.12 bits per heavy atom. The van der Waals surface area contributed by atoms with Gasteiger partial charge in [0, 0.05) is 16.5 Å². The van der Waals surface area contributed by atoms with Crippen molar-refractivity contribution in [3.8, 4) is 0 Å². The van der Waals surface area contributed by atoms with Gasteiger partial charge in [0.2, 0.25) is 0 Å². The van der Waals surface area contributed by atoms with Crippen molar-refractivity contribution < 1.29 is 9.18 Å². The van der Waals surface area contributed by atoms with Gasteiger partial charge in [0.1, 0.15) is 11.5 Å². The summed E-state index contributed by atoms with van der Waals surface area (Å²) in [5, 5.41) is 10.8. The summed E-state index contributed by atoms with van der Waals surface area (Å²) in [5.41, 5.74) is 1.04. The smallest absolute Gasteiger partial charge is 0.276 e. The van der Waals surface area contributed by atoms with Crippen LogP contribution in [0.2, 0.25) is 0 Å². The van der Waals surface area contributed by atoms with Gasteiger partial charge in [-0.05, 0) is 18.2 Å². The first-order chi connectivity index (χ1) is 12.7. The van der Waals surface area contributed by atoms with Crippen LogP contribution < -0.4 is 15.9 Å². The molecule has 0 bridgehead atoms. The average Bonchev–Trinajstić information content (AvgIpc) is 2.65. The molecule has 0 fully saturated rings. The second kappa shape index (κ2) is 6.76. The summed E-state index contributed by atoms with van der Waals surface area (Å²) in [6.07, 6.45) is 1.12. The van der Waals surface area contributed by atoms with Crippen LogP contribution in [0.3, 0.4) is 0 Å². The Labute approximate surface area is 153 Å². The number of carbonyl (C=O) groups excluding carboxylic acids is 1. The van der Waals surface area contributed by atoms with Crippen molar-refractivity contribution >= 4 is 28.5 Å². The van der Waals surface area contributed by atoms with Crippen LogP contribution in [-0.4, -0.2) is 21.8 Å². The third kappa shape index (κ3) is 2.90. The maximum Gasteiger partial charge on any atom is 0.276 e. The molecule has 1 amide bonds. The maximum atomic E-state index is 13.8. The summed E-state index contributed by atoms with van der Waals surface area (Å²) in [6.45, 7) is 3.68. The summed E-state index contributed by atoms with van der Waals surface area (Å²) in [6, 6.07) is 13.6. The molecular formula is C19H15FN4OS. The molecule has 0 aromatic heterocycles. The molecule has 1 N–H and O–H groups in total. The summed E-state index contributed by atoms with van der Waals surface area (Å²) < 4.78 is 13.8. The second-order valence-electron chi connectivity index (χ2n) is 5.73. The van der Waals surface area contributed by atoms with Crippen molar-refractivity contribution in [3.63, 3.8) is 0 Å². The highest BCUT2D eigenvalue weighted by Crippen LogP contribution is 2.30. The number of halogens is 1. The highest BCUT2D eigenvalue weighted by atomic mass is 32.2. The van der Waals surface area contributed by atoms with E-state index in [0.717, 1.165) is 0 Å². The van der Waals surface area contributed by atoms with Crippen LogP contribution in [0.1, 0.15) is 11.7 Å². The van der Waals surface area contributed by atoms with Crippen molar-refractivity contribution in [2.75, 3.05) is 5.75 Å². The van der Waals surface area contributed by atoms with E-state index < -0.39 is 6.17 Å². The molecule has 0 saturated heterocycles. The number of hydrogen-bond donors (Lipinski definition) is 1. The van der Waals surface area contributed by atoms with Gasteiger partial charge in [-0.1, -0.05) is 48.2 Å². The van der Waals surface area contributed by atoms with Crippen LogP contribution in [0.4, 0.5) is 4.39 Å². The van der Waals surface area contributed by atoms with E-state index in [0.29, 0.717) is 32.8 Å². The molecule has 1 atom stereocenters. The number of amides is 1. The Morgan fingerprint density at radius 3 is 2.92 bits per heavy atom. The summed E-state index contributed by atoms with van der Waals surface area (Å²) in [7, 11) is 0. The number of hydrogen-bond acceptors (Lipinski definition) is 5. The Bertz CT molecular complexity index is 1050. The van der Waals surface area contributed by atoms with Gasteiger partial charge in [0.25, 0.3) is 5.91 Å². The van der Waals surface area contributed by atoms with Crippen molar-refractivity contribution in [2.24, 2.45) is 10.1 Å². The van der Waals surface area contributed by atoms with E-state index in [-0.39, 0.29) is 11.7 Å². The van der Waals surface area contributed by atoms with Crippen LogP contribution >= 0.6 is 11.8 Å². The Morgan fingerprint density at radius 1 is 1.27 bits per heavy atom. The lowest BCUT2D eigenvalue weighted by Crippen LogP contribution is -2.50. The van der Waals surface area contributed by atoms with Gasteiger partial charge in [0.05, 0.1) is 5.36 Å². The molecule has 2 aromatic carbocycles. The van der Waals surface area contributed by atoms with Crippen molar-refractivity contribution in [3.05, 3.63) is 83.1 Å². The van der Waals surface area contributed by atoms with E-state index in [1.54, 1.807) is 23.2 Å². The van der Waals surface area contributed by atoms with Crippen LogP contribution in [0.15, 0.2) is 71.3 Å². The van der Waals surface area contributed by atoms with E-state index in [4.69, 9.17) is 4.99 Å². The fourth-order valence-corrected chi connectivity index (χ4v) is 3.50. The number of para-hydroxylation sites is 1. The van der Waals surface area contributed by atoms with E-state index >= 15 is 0 Å². The lowest BCUT2D eigenvalue weighted by Gasteiger charge is -2.34. The van der Waals surface area contributed by atoms with Gasteiger partial charge in [-0.2, -0.15) is 0 Å². The number of carbonyl (C=O) groups is 1. The first-order valence-electron chi connectivity index (χ1n) is 8.03. The fraction of sp³-hybridized carbons (Fsp3) is 0.105. The van der Waals surface area contributed by atoms with Gasteiger partial charge in [-0.3, -0.25) is 15.1 Å². The summed E-state index contributed by atoms with van der Waals surface area (Å²) in [5.74, 6) is 0.000755. The van der Waals surface area contributed by atoms with Crippen molar-refractivity contribution in [1.29, 1.82) is 0 Å². The van der Waals surface area contributed by atoms with E-state index in [1.165, 1.54) is 23.9 Å². The summed E-state index contributed by atoms with van der Waals surface area (Å²) >= 11 is 1.37. The molecule has 0 aliphatic carbocycles. The molecule has 2 aliphatic heterocycles. The monoisotopic (exact) mass is 366 g/mol. The molecule has 4 rings (SSSR count). The minimum Gasteiger partial charge on any atom is -0.298 e. The lowest BCUT2D eigenvalue weighted by molar-refractivity contribution is -0.116. The predicted molar refractivity (Wildman–Crippen MR) is 99.8 cm³/mol. The van der Waals surface area contributed by atoms with Crippen molar-refractivity contribution in [2.45, 2.75) is 6.17 Å². The van der Waals surface area contributed by atoms with E-state index in [1.807, 2.05) is 24.3 Å². The van der Waals surface area contributed by atoms with E-state index in [2.05, 4.69) is 17.0 Å². The number of rotatable bonds is 3. The Hall–Kier alpha value is -2.93. The summed E-state index contributed by atoms with van der Waals surface area (Å²) in [4.78, 5) is 17.5. The molecule has 0 spiro atoms. The van der Waals surface area contributed by atoms with Crippen LogP contribution in [0.5, 0.6) is 0 Å². The first-order valence-corrected chi connectivity index (χ1v) is 9.01. The molecular weight excluding hydrogens is 351 g/mol. The number of nitrogens with zero attached hydrogens (tertiary/aromatic N) is 3. The lowest BCUT2D eigenvalue weighted by atomic mass is 10.1. The third-order valence-electron chi connectivity index (χ3n) is 4.00. The van der Waals surface area contributed by atoms with E-state index in [9.17, 15) is 9.18 Å². The Kier molecular flexibility index (Phi) is 4.30. The molecule has 2 aromatic rings. The largest absolute Gasteiger partial charge is 0.298 e. The number of thioether (sulfide) groups is 1. The normalized spacial score (nSPS) is 18.3. The zero-order chi connectivity index (χ0) is 18.1. The third-order valence-corrected chi connectivity index (χ3v) is 4.86. The fourth-order valence-electron chi connectivity index (χ4n) is 2.91. The SMILES string of the molecule is C=CCSC1=NN2C(=c3ccccc3=N[C@H]2c2cccc(F)c2)C(=O)N1. The van der Waals surface area contributed by atoms with Crippen molar-refractivity contribution in [1.82, 2.24) is 10.3 Å². The number of nitrogens with one attached hydrogen (secondary N) is 1. The molecule has 7 heteroatoms. The standard InChI is InChI=1S/C19H15FN4OS/c1-2-10-26-19-22-18(25)16-14-8-3-4-9-15(14)21-17(24(16)23-19)12-6-5-7-13(20)11-12/h2-9,11,17H,1,10H2,(H,22,23,25)/t17-/m1/s1. The molecule has 5 nitrogen and oxygen atoms in total. The van der Waals surface area contributed by atoms with Gasteiger partial charge in [-0.25, -0.2) is 9.40 Å². The minimum absolute atomic E-state index is 0.254. The highest BCUT2D eigenvalue weighted by molar-refractivity contribution is 8.14. The van der Waals surface area contributed by atoms with Gasteiger partial charge in [-0.15, -0.1) is 11.7 Å². The van der Waals surface area contributed by atoms with Crippen LogP contribution in [0, 0.1) is 5.82 Å². The zero-order valence-corrected chi connectivity index (χ0v) is 14.5. The maximum absolute atomic E-state index is 13.8. The van der Waals surface area contributed by atoms with Crippen LogP contribution in [0.25, 0.3) is 5.70 Å². The molecule has 0 radical (unpaired) electrons.